The van der Waals surface area contributed by atoms with Gasteiger partial charge in [-0.1, -0.05) is 12.1 Å². The van der Waals surface area contributed by atoms with Crippen molar-refractivity contribution in [2.75, 3.05) is 46.4 Å². The van der Waals surface area contributed by atoms with Crippen molar-refractivity contribution in [1.82, 2.24) is 20.4 Å². The number of rotatable bonds is 6. The lowest BCUT2D eigenvalue weighted by atomic mass is 10.0. The van der Waals surface area contributed by atoms with Crippen molar-refractivity contribution in [2.24, 2.45) is 0 Å². The number of benzene rings is 1. The topological polar surface area (TPSA) is 67.8 Å². The van der Waals surface area contributed by atoms with Crippen LogP contribution < -0.4 is 10.6 Å². The summed E-state index contributed by atoms with van der Waals surface area (Å²) in [6.45, 7) is 8.47. The van der Waals surface area contributed by atoms with Gasteiger partial charge in [0, 0.05) is 38.3 Å². The van der Waals surface area contributed by atoms with Crippen molar-refractivity contribution in [1.29, 1.82) is 0 Å². The minimum atomic E-state index is -0.563. The molecule has 1 aromatic carbocycles. The first-order valence-electron chi connectivity index (χ1n) is 8.66. The number of amides is 2. The van der Waals surface area contributed by atoms with Gasteiger partial charge >= 0.3 is 6.03 Å². The van der Waals surface area contributed by atoms with Crippen molar-refractivity contribution in [2.45, 2.75) is 25.4 Å². The van der Waals surface area contributed by atoms with Crippen LogP contribution in [0.15, 0.2) is 24.3 Å². The van der Waals surface area contributed by atoms with E-state index in [9.17, 15) is 14.3 Å². The summed E-state index contributed by atoms with van der Waals surface area (Å²) in [6.07, 6.45) is 0. The van der Waals surface area contributed by atoms with E-state index in [1.54, 1.807) is 12.1 Å². The van der Waals surface area contributed by atoms with Crippen molar-refractivity contribution in [3.05, 3.63) is 35.6 Å². The molecule has 1 aromatic rings. The second-order valence-electron chi connectivity index (χ2n) is 7.22. The van der Waals surface area contributed by atoms with Gasteiger partial charge in [-0.25, -0.2) is 9.18 Å². The Morgan fingerprint density at radius 2 is 1.84 bits per heavy atom. The molecule has 0 bridgehead atoms. The Hall–Kier alpha value is -1.70. The molecule has 1 fully saturated rings. The minimum Gasteiger partial charge on any atom is -0.394 e. The fourth-order valence-corrected chi connectivity index (χ4v) is 2.96. The molecular weight excluding hydrogens is 323 g/mol. The van der Waals surface area contributed by atoms with Gasteiger partial charge in [-0.3, -0.25) is 4.90 Å². The number of hydrogen-bond donors (Lipinski definition) is 3. The average molecular weight is 352 g/mol. The van der Waals surface area contributed by atoms with E-state index >= 15 is 0 Å². The summed E-state index contributed by atoms with van der Waals surface area (Å²) in [5.41, 5.74) is 0.515. The summed E-state index contributed by atoms with van der Waals surface area (Å²) >= 11 is 0. The molecule has 3 N–H and O–H groups in total. The van der Waals surface area contributed by atoms with E-state index in [0.29, 0.717) is 12.1 Å². The highest BCUT2D eigenvalue weighted by molar-refractivity contribution is 5.74. The van der Waals surface area contributed by atoms with Crippen LogP contribution in [0.1, 0.15) is 25.5 Å². The summed E-state index contributed by atoms with van der Waals surface area (Å²) in [6, 6.07) is 4.84. The molecule has 0 spiro atoms. The highest BCUT2D eigenvalue weighted by Crippen LogP contribution is 2.16. The number of aliphatic hydroxyl groups excluding tert-OH is 1. The molecule has 1 aliphatic rings. The van der Waals surface area contributed by atoms with Gasteiger partial charge < -0.3 is 20.6 Å². The SMILES string of the molecule is CN1CCN(C(C)(C)CNC(=O)N[C@H](CO)c2ccc(F)cc2)CC1. The van der Waals surface area contributed by atoms with E-state index in [0.717, 1.165) is 26.2 Å². The number of carbonyl (C=O) groups is 1. The first-order chi connectivity index (χ1) is 11.8. The maximum absolute atomic E-state index is 13.0. The number of urea groups is 1. The first kappa shape index (κ1) is 19.6. The number of halogens is 1. The van der Waals surface area contributed by atoms with Crippen molar-refractivity contribution < 1.29 is 14.3 Å². The van der Waals surface area contributed by atoms with Crippen LogP contribution in [0.5, 0.6) is 0 Å². The highest BCUT2D eigenvalue weighted by atomic mass is 19.1. The standard InChI is InChI=1S/C18H29FN4O2/c1-18(2,23-10-8-22(3)9-11-23)13-20-17(25)21-16(12-24)14-4-6-15(19)7-5-14/h4-7,16,24H,8-13H2,1-3H3,(H2,20,21,25)/t16-/m1/s1. The maximum Gasteiger partial charge on any atom is 0.315 e. The van der Waals surface area contributed by atoms with Gasteiger partial charge in [-0.05, 0) is 38.6 Å². The van der Waals surface area contributed by atoms with Crippen molar-refractivity contribution in [3.8, 4) is 0 Å². The zero-order valence-electron chi connectivity index (χ0n) is 15.3. The fraction of sp³-hybridized carbons (Fsp3) is 0.611. The van der Waals surface area contributed by atoms with Crippen LogP contribution >= 0.6 is 0 Å². The quantitative estimate of drug-likeness (QED) is 0.719. The van der Waals surface area contributed by atoms with Gasteiger partial charge in [-0.15, -0.1) is 0 Å². The molecule has 25 heavy (non-hydrogen) atoms. The van der Waals surface area contributed by atoms with E-state index in [2.05, 4.69) is 41.3 Å². The number of nitrogens with one attached hydrogen (secondary N) is 2. The van der Waals surface area contributed by atoms with Crippen LogP contribution in [-0.4, -0.2) is 72.9 Å². The van der Waals surface area contributed by atoms with E-state index in [1.807, 2.05) is 0 Å². The molecule has 0 saturated carbocycles. The Balaban J connectivity index is 1.85. The molecule has 0 unspecified atom stereocenters. The largest absolute Gasteiger partial charge is 0.394 e. The molecule has 7 heteroatoms. The van der Waals surface area contributed by atoms with Gasteiger partial charge in [0.15, 0.2) is 0 Å². The lowest BCUT2D eigenvalue weighted by Gasteiger charge is -2.43. The minimum absolute atomic E-state index is 0.150. The van der Waals surface area contributed by atoms with E-state index < -0.39 is 6.04 Å². The second kappa shape index (κ2) is 8.60. The fourth-order valence-electron chi connectivity index (χ4n) is 2.96. The molecular formula is C18H29FN4O2. The third kappa shape index (κ3) is 5.66. The predicted octanol–water partition coefficient (Wildman–Crippen LogP) is 1.18. The lowest BCUT2D eigenvalue weighted by molar-refractivity contribution is 0.0632. The summed E-state index contributed by atoms with van der Waals surface area (Å²) in [5, 5.41) is 15.1. The average Bonchev–Trinajstić information content (AvgIpc) is 2.59. The van der Waals surface area contributed by atoms with Crippen LogP contribution in [0, 0.1) is 5.82 Å². The van der Waals surface area contributed by atoms with E-state index in [-0.39, 0.29) is 24.0 Å². The second-order valence-corrected chi connectivity index (χ2v) is 7.22. The monoisotopic (exact) mass is 352 g/mol. The van der Waals surface area contributed by atoms with Gasteiger partial charge in [0.05, 0.1) is 12.6 Å². The zero-order valence-corrected chi connectivity index (χ0v) is 15.3. The zero-order chi connectivity index (χ0) is 18.4. The molecule has 1 aliphatic heterocycles. The molecule has 6 nitrogen and oxygen atoms in total. The molecule has 140 valence electrons. The van der Waals surface area contributed by atoms with Gasteiger partial charge in [0.25, 0.3) is 0 Å². The van der Waals surface area contributed by atoms with Gasteiger partial charge in [-0.2, -0.15) is 0 Å². The third-order valence-corrected chi connectivity index (χ3v) is 4.80. The molecule has 0 radical (unpaired) electrons. The van der Waals surface area contributed by atoms with Crippen LogP contribution in [0.4, 0.5) is 9.18 Å². The Labute approximate surface area is 149 Å². The molecule has 2 amide bonds. The number of carbonyl (C=O) groups excluding carboxylic acids is 1. The smallest absolute Gasteiger partial charge is 0.315 e. The van der Waals surface area contributed by atoms with Crippen molar-refractivity contribution in [3.63, 3.8) is 0 Å². The lowest BCUT2D eigenvalue weighted by Crippen LogP contribution is -2.58. The summed E-state index contributed by atoms with van der Waals surface area (Å²) in [4.78, 5) is 16.9. The number of hydrogen-bond acceptors (Lipinski definition) is 4. The Kier molecular flexibility index (Phi) is 6.75. The Morgan fingerprint density at radius 1 is 1.24 bits per heavy atom. The number of aliphatic hydroxyl groups is 1. The summed E-state index contributed by atoms with van der Waals surface area (Å²) in [7, 11) is 2.11. The Morgan fingerprint density at radius 3 is 2.40 bits per heavy atom. The highest BCUT2D eigenvalue weighted by Gasteiger charge is 2.29. The summed E-state index contributed by atoms with van der Waals surface area (Å²) < 4.78 is 13.0. The third-order valence-electron chi connectivity index (χ3n) is 4.80. The summed E-state index contributed by atoms with van der Waals surface area (Å²) in [5.74, 6) is -0.348. The van der Waals surface area contributed by atoms with Crippen LogP contribution in [0.3, 0.4) is 0 Å². The molecule has 1 saturated heterocycles. The number of piperazine rings is 1. The maximum atomic E-state index is 13.0. The molecule has 0 aromatic heterocycles. The molecule has 1 atom stereocenters. The predicted molar refractivity (Wildman–Crippen MR) is 95.9 cm³/mol. The van der Waals surface area contributed by atoms with Gasteiger partial charge in [0.2, 0.25) is 0 Å². The van der Waals surface area contributed by atoms with E-state index in [4.69, 9.17) is 0 Å². The molecule has 2 rings (SSSR count). The first-order valence-corrected chi connectivity index (χ1v) is 8.66. The normalized spacial score (nSPS) is 18.0. The van der Waals surface area contributed by atoms with Crippen LogP contribution in [-0.2, 0) is 0 Å². The number of nitrogens with zero attached hydrogens (tertiary/aromatic N) is 2. The molecule has 0 aliphatic carbocycles. The van der Waals surface area contributed by atoms with E-state index in [1.165, 1.54) is 12.1 Å². The molecule has 1 heterocycles. The van der Waals surface area contributed by atoms with Crippen molar-refractivity contribution >= 4 is 6.03 Å². The number of likely N-dealkylation sites (N-methyl/N-ethyl adjacent to an activating group) is 1. The Bertz CT molecular complexity index is 557. The van der Waals surface area contributed by atoms with Crippen LogP contribution in [0.2, 0.25) is 0 Å². The van der Waals surface area contributed by atoms with Gasteiger partial charge in [0.1, 0.15) is 5.82 Å². The van der Waals surface area contributed by atoms with Crippen LogP contribution in [0.25, 0.3) is 0 Å².